The van der Waals surface area contributed by atoms with Gasteiger partial charge in [0.15, 0.2) is 0 Å². The molecule has 4 heteroatoms. The zero-order valence-electron chi connectivity index (χ0n) is 8.10. The Balaban J connectivity index is 2.23. The number of nitrogens with zero attached hydrogens (tertiary/aromatic N) is 2. The second-order valence-electron chi connectivity index (χ2n) is 3.24. The van der Waals surface area contributed by atoms with E-state index < -0.39 is 0 Å². The first-order valence-corrected chi connectivity index (χ1v) is 5.49. The zero-order valence-corrected chi connectivity index (χ0v) is 9.68. The van der Waals surface area contributed by atoms with E-state index in [9.17, 15) is 0 Å². The van der Waals surface area contributed by atoms with E-state index in [0.717, 1.165) is 15.7 Å². The van der Waals surface area contributed by atoms with Gasteiger partial charge in [0.2, 0.25) is 0 Å². The fraction of sp³-hybridized carbons (Fsp3) is 0.182. The third kappa shape index (κ3) is 2.46. The lowest BCUT2D eigenvalue weighted by Gasteiger charge is -2.02. The van der Waals surface area contributed by atoms with Crippen LogP contribution in [0.25, 0.3) is 5.69 Å². The van der Waals surface area contributed by atoms with Crippen molar-refractivity contribution >= 4 is 15.9 Å². The monoisotopic (exact) mass is 266 g/mol. The third-order valence-electron chi connectivity index (χ3n) is 2.15. The molecule has 0 aliphatic heterocycles. The fourth-order valence-electron chi connectivity index (χ4n) is 1.39. The molecule has 1 heterocycles. The van der Waals surface area contributed by atoms with Gasteiger partial charge in [-0.1, -0.05) is 12.1 Å². The van der Waals surface area contributed by atoms with Gasteiger partial charge in [-0.15, -0.1) is 0 Å². The van der Waals surface area contributed by atoms with E-state index in [1.807, 2.05) is 30.5 Å². The molecule has 78 valence electrons. The number of hydrogen-bond donors (Lipinski definition) is 1. The van der Waals surface area contributed by atoms with E-state index in [4.69, 9.17) is 5.11 Å². The van der Waals surface area contributed by atoms with Crippen LogP contribution in [0.5, 0.6) is 0 Å². The highest BCUT2D eigenvalue weighted by molar-refractivity contribution is 9.10. The number of halogens is 1. The van der Waals surface area contributed by atoms with Crippen LogP contribution in [0.3, 0.4) is 0 Å². The van der Waals surface area contributed by atoms with Crippen LogP contribution in [0, 0.1) is 0 Å². The lowest BCUT2D eigenvalue weighted by atomic mass is 10.1. The summed E-state index contributed by atoms with van der Waals surface area (Å²) < 4.78 is 2.76. The summed E-state index contributed by atoms with van der Waals surface area (Å²) in [5.41, 5.74) is 2.15. The first-order valence-electron chi connectivity index (χ1n) is 4.70. The van der Waals surface area contributed by atoms with Crippen molar-refractivity contribution in [1.82, 2.24) is 9.78 Å². The average Bonchev–Trinajstić information content (AvgIpc) is 2.67. The van der Waals surface area contributed by atoms with Crippen LogP contribution in [-0.2, 0) is 6.42 Å². The van der Waals surface area contributed by atoms with Gasteiger partial charge in [-0.2, -0.15) is 5.10 Å². The molecule has 0 atom stereocenters. The lowest BCUT2D eigenvalue weighted by molar-refractivity contribution is 0.299. The van der Waals surface area contributed by atoms with Gasteiger partial charge in [0.25, 0.3) is 0 Å². The highest BCUT2D eigenvalue weighted by Gasteiger charge is 1.98. The van der Waals surface area contributed by atoms with Gasteiger partial charge in [-0.3, -0.25) is 0 Å². The molecule has 0 radical (unpaired) electrons. The van der Waals surface area contributed by atoms with Gasteiger partial charge >= 0.3 is 0 Å². The van der Waals surface area contributed by atoms with Gasteiger partial charge in [0.1, 0.15) is 0 Å². The minimum atomic E-state index is 0.187. The predicted octanol–water partition coefficient (Wildman–Crippen LogP) is 2.17. The molecule has 1 N–H and O–H groups in total. The van der Waals surface area contributed by atoms with Gasteiger partial charge in [-0.05, 0) is 40.0 Å². The van der Waals surface area contributed by atoms with Crippen molar-refractivity contribution in [3.8, 4) is 5.69 Å². The van der Waals surface area contributed by atoms with Crippen LogP contribution in [0.15, 0.2) is 41.1 Å². The number of hydrogen-bond acceptors (Lipinski definition) is 2. The molecular weight excluding hydrogens is 256 g/mol. The predicted molar refractivity (Wildman–Crippen MR) is 62.1 cm³/mol. The zero-order chi connectivity index (χ0) is 10.7. The highest BCUT2D eigenvalue weighted by atomic mass is 79.9. The molecule has 3 nitrogen and oxygen atoms in total. The SMILES string of the molecule is OCCc1ccc(-n2cc(Br)cn2)cc1. The Morgan fingerprint density at radius 3 is 2.53 bits per heavy atom. The quantitative estimate of drug-likeness (QED) is 0.925. The summed E-state index contributed by atoms with van der Waals surface area (Å²) >= 11 is 3.35. The van der Waals surface area contributed by atoms with E-state index in [1.165, 1.54) is 0 Å². The molecule has 15 heavy (non-hydrogen) atoms. The normalized spacial score (nSPS) is 10.5. The van der Waals surface area contributed by atoms with E-state index in [1.54, 1.807) is 10.9 Å². The molecule has 0 saturated carbocycles. The topological polar surface area (TPSA) is 38.0 Å². The molecule has 0 bridgehead atoms. The Morgan fingerprint density at radius 1 is 1.27 bits per heavy atom. The second kappa shape index (κ2) is 4.59. The standard InChI is InChI=1S/C11H11BrN2O/c12-10-7-13-14(8-10)11-3-1-9(2-4-11)5-6-15/h1-4,7-8,15H,5-6H2. The van der Waals surface area contributed by atoms with Crippen molar-refractivity contribution in [1.29, 1.82) is 0 Å². The number of aliphatic hydroxyl groups is 1. The Kier molecular flexibility index (Phi) is 3.18. The summed E-state index contributed by atoms with van der Waals surface area (Å²) in [5, 5.41) is 13.0. The summed E-state index contributed by atoms with van der Waals surface area (Å²) in [6.07, 6.45) is 4.35. The number of benzene rings is 1. The smallest absolute Gasteiger partial charge is 0.0646 e. The molecule has 0 aliphatic carbocycles. The maximum atomic E-state index is 8.79. The molecule has 0 aliphatic rings. The van der Waals surface area contributed by atoms with Gasteiger partial charge < -0.3 is 5.11 Å². The number of aromatic nitrogens is 2. The average molecular weight is 267 g/mol. The van der Waals surface area contributed by atoms with Gasteiger partial charge in [0, 0.05) is 12.8 Å². The summed E-state index contributed by atoms with van der Waals surface area (Å²) in [4.78, 5) is 0. The molecule has 2 rings (SSSR count). The second-order valence-corrected chi connectivity index (χ2v) is 4.16. The fourth-order valence-corrected chi connectivity index (χ4v) is 1.67. The summed E-state index contributed by atoms with van der Waals surface area (Å²) in [7, 11) is 0. The molecule has 0 spiro atoms. The highest BCUT2D eigenvalue weighted by Crippen LogP contribution is 2.13. The first-order chi connectivity index (χ1) is 7.29. The van der Waals surface area contributed by atoms with Crippen molar-refractivity contribution in [3.63, 3.8) is 0 Å². The largest absolute Gasteiger partial charge is 0.396 e. The van der Waals surface area contributed by atoms with E-state index in [0.29, 0.717) is 6.42 Å². The van der Waals surface area contributed by atoms with Crippen LogP contribution < -0.4 is 0 Å². The maximum Gasteiger partial charge on any atom is 0.0646 e. The Hall–Kier alpha value is -1.13. The lowest BCUT2D eigenvalue weighted by Crippen LogP contribution is -1.95. The Morgan fingerprint density at radius 2 is 2.00 bits per heavy atom. The molecule has 1 aromatic heterocycles. The van der Waals surface area contributed by atoms with Crippen molar-refractivity contribution in [2.75, 3.05) is 6.61 Å². The molecular formula is C11H11BrN2O. The number of rotatable bonds is 3. The molecule has 2 aromatic rings. The van der Waals surface area contributed by atoms with Crippen LogP contribution in [0.1, 0.15) is 5.56 Å². The molecule has 0 fully saturated rings. The van der Waals surface area contributed by atoms with Crippen molar-refractivity contribution in [2.24, 2.45) is 0 Å². The molecule has 1 aromatic carbocycles. The van der Waals surface area contributed by atoms with E-state index >= 15 is 0 Å². The Bertz CT molecular complexity index is 436. The maximum absolute atomic E-state index is 8.79. The third-order valence-corrected chi connectivity index (χ3v) is 2.56. The summed E-state index contributed by atoms with van der Waals surface area (Å²) in [6.45, 7) is 0.187. The first kappa shape index (κ1) is 10.4. The van der Waals surface area contributed by atoms with Crippen LogP contribution in [0.4, 0.5) is 0 Å². The Labute approximate surface area is 96.5 Å². The van der Waals surface area contributed by atoms with E-state index in [2.05, 4.69) is 21.0 Å². The molecule has 0 saturated heterocycles. The summed E-state index contributed by atoms with van der Waals surface area (Å²) in [5.74, 6) is 0. The molecule has 0 unspecified atom stereocenters. The van der Waals surface area contributed by atoms with Crippen molar-refractivity contribution in [3.05, 3.63) is 46.7 Å². The van der Waals surface area contributed by atoms with Crippen LogP contribution in [-0.4, -0.2) is 21.5 Å². The van der Waals surface area contributed by atoms with Gasteiger partial charge in [0.05, 0.1) is 16.4 Å². The number of aliphatic hydroxyl groups excluding tert-OH is 1. The van der Waals surface area contributed by atoms with Crippen molar-refractivity contribution < 1.29 is 5.11 Å². The van der Waals surface area contributed by atoms with Crippen molar-refractivity contribution in [2.45, 2.75) is 6.42 Å². The van der Waals surface area contributed by atoms with Crippen LogP contribution in [0.2, 0.25) is 0 Å². The minimum Gasteiger partial charge on any atom is -0.396 e. The molecule has 0 amide bonds. The van der Waals surface area contributed by atoms with E-state index in [-0.39, 0.29) is 6.61 Å². The summed E-state index contributed by atoms with van der Waals surface area (Å²) in [6, 6.07) is 7.98. The van der Waals surface area contributed by atoms with Gasteiger partial charge in [-0.25, -0.2) is 4.68 Å². The minimum absolute atomic E-state index is 0.187. The van der Waals surface area contributed by atoms with Crippen LogP contribution >= 0.6 is 15.9 Å².